The zero-order chi connectivity index (χ0) is 13.1. The van der Waals surface area contributed by atoms with E-state index in [1.165, 1.54) is 19.4 Å². The Balaban J connectivity index is 2.42. The van der Waals surface area contributed by atoms with E-state index in [4.69, 9.17) is 26.6 Å². The Bertz CT molecular complexity index is 545. The lowest BCUT2D eigenvalue weighted by Crippen LogP contribution is -2.29. The van der Waals surface area contributed by atoms with E-state index in [0.717, 1.165) is 0 Å². The summed E-state index contributed by atoms with van der Waals surface area (Å²) in [6, 6.07) is 5.57. The smallest absolute Gasteiger partial charge is 0.198 e. The summed E-state index contributed by atoms with van der Waals surface area (Å²) >= 11 is 5.86. The van der Waals surface area contributed by atoms with E-state index in [1.807, 2.05) is 0 Å². The number of halogens is 2. The van der Waals surface area contributed by atoms with Gasteiger partial charge in [0, 0.05) is 17.2 Å². The van der Waals surface area contributed by atoms with Gasteiger partial charge in [0.2, 0.25) is 0 Å². The molecule has 0 aliphatic heterocycles. The van der Waals surface area contributed by atoms with Gasteiger partial charge in [0.15, 0.2) is 5.22 Å². The van der Waals surface area contributed by atoms with Crippen LogP contribution in [0.3, 0.4) is 0 Å². The predicted octanol–water partition coefficient (Wildman–Crippen LogP) is 2.63. The predicted molar refractivity (Wildman–Crippen MR) is 65.8 cm³/mol. The fourth-order valence-electron chi connectivity index (χ4n) is 1.73. The van der Waals surface area contributed by atoms with Gasteiger partial charge in [-0.2, -0.15) is 0 Å². The molecule has 3 N–H and O–H groups in total. The lowest BCUT2D eigenvalue weighted by molar-refractivity contribution is 0.410. The van der Waals surface area contributed by atoms with Crippen molar-refractivity contribution >= 4 is 11.6 Å². The van der Waals surface area contributed by atoms with Crippen molar-refractivity contribution in [3.8, 4) is 5.75 Å². The molecular formula is C12H12ClFN2O2. The Labute approximate surface area is 108 Å². The van der Waals surface area contributed by atoms with Crippen LogP contribution >= 0.6 is 11.6 Å². The monoisotopic (exact) mass is 270 g/mol. The highest BCUT2D eigenvalue weighted by Crippen LogP contribution is 2.31. The molecule has 6 heteroatoms. The highest BCUT2D eigenvalue weighted by atomic mass is 35.5. The van der Waals surface area contributed by atoms with E-state index < -0.39 is 11.9 Å². The summed E-state index contributed by atoms with van der Waals surface area (Å²) in [4.78, 5) is 0. The molecule has 1 aromatic carbocycles. The van der Waals surface area contributed by atoms with Crippen molar-refractivity contribution in [1.29, 1.82) is 0 Å². The molecule has 0 radical (unpaired) electrons. The first-order valence-electron chi connectivity index (χ1n) is 5.19. The summed E-state index contributed by atoms with van der Waals surface area (Å²) in [5, 5.41) is 0.174. The van der Waals surface area contributed by atoms with Gasteiger partial charge in [-0.15, -0.1) is 0 Å². The summed E-state index contributed by atoms with van der Waals surface area (Å²) in [5.74, 6) is 5.46. The third-order valence-electron chi connectivity index (χ3n) is 2.64. The van der Waals surface area contributed by atoms with Gasteiger partial charge in [-0.05, 0) is 23.7 Å². The van der Waals surface area contributed by atoms with Crippen LogP contribution in [0.5, 0.6) is 5.75 Å². The fourth-order valence-corrected chi connectivity index (χ4v) is 1.95. The van der Waals surface area contributed by atoms with Gasteiger partial charge < -0.3 is 9.15 Å². The van der Waals surface area contributed by atoms with Gasteiger partial charge in [-0.25, -0.2) is 9.82 Å². The summed E-state index contributed by atoms with van der Waals surface area (Å²) in [6.07, 6.45) is 1.42. The van der Waals surface area contributed by atoms with Crippen LogP contribution in [-0.2, 0) is 0 Å². The molecule has 0 aliphatic carbocycles. The van der Waals surface area contributed by atoms with Crippen LogP contribution in [-0.4, -0.2) is 7.11 Å². The van der Waals surface area contributed by atoms with Crippen molar-refractivity contribution < 1.29 is 13.5 Å². The molecular weight excluding hydrogens is 259 g/mol. The van der Waals surface area contributed by atoms with E-state index >= 15 is 0 Å². The maximum atomic E-state index is 13.9. The average Bonchev–Trinajstić information content (AvgIpc) is 2.78. The van der Waals surface area contributed by atoms with E-state index in [0.29, 0.717) is 16.9 Å². The molecule has 1 heterocycles. The minimum Gasteiger partial charge on any atom is -0.497 e. The lowest BCUT2D eigenvalue weighted by Gasteiger charge is -2.16. The van der Waals surface area contributed by atoms with Gasteiger partial charge in [0.25, 0.3) is 0 Å². The van der Waals surface area contributed by atoms with Crippen LogP contribution in [0.1, 0.15) is 17.2 Å². The number of methoxy groups -OCH3 is 1. The normalized spacial score (nSPS) is 12.4. The number of nitrogens with one attached hydrogen (secondary N) is 1. The number of hydrogen-bond donors (Lipinski definition) is 2. The molecule has 0 saturated heterocycles. The van der Waals surface area contributed by atoms with Crippen molar-refractivity contribution in [2.75, 3.05) is 7.11 Å². The molecule has 96 valence electrons. The van der Waals surface area contributed by atoms with Crippen LogP contribution in [0.25, 0.3) is 0 Å². The number of rotatable bonds is 4. The molecule has 2 rings (SSSR count). The number of furan rings is 1. The second-order valence-electron chi connectivity index (χ2n) is 3.64. The minimum atomic E-state index is -0.581. The molecule has 1 atom stereocenters. The zero-order valence-corrected chi connectivity index (χ0v) is 10.4. The summed E-state index contributed by atoms with van der Waals surface area (Å²) in [6.45, 7) is 0. The topological polar surface area (TPSA) is 60.4 Å². The lowest BCUT2D eigenvalue weighted by atomic mass is 10.0. The summed E-state index contributed by atoms with van der Waals surface area (Å²) in [5.41, 5.74) is 3.45. The average molecular weight is 271 g/mol. The second-order valence-corrected chi connectivity index (χ2v) is 3.98. The number of nitrogens with two attached hydrogens (primary N) is 1. The molecule has 4 nitrogen and oxygen atoms in total. The first-order chi connectivity index (χ1) is 8.67. The molecule has 0 amide bonds. The second kappa shape index (κ2) is 5.39. The van der Waals surface area contributed by atoms with Crippen LogP contribution in [0.2, 0.25) is 5.22 Å². The maximum Gasteiger partial charge on any atom is 0.198 e. The van der Waals surface area contributed by atoms with Crippen molar-refractivity contribution in [3.63, 3.8) is 0 Å². The number of benzene rings is 1. The molecule has 0 aliphatic rings. The Hall–Kier alpha value is -1.56. The summed E-state index contributed by atoms with van der Waals surface area (Å²) in [7, 11) is 1.47. The molecule has 0 saturated carbocycles. The third-order valence-corrected chi connectivity index (χ3v) is 2.95. The first kappa shape index (κ1) is 12.9. The van der Waals surface area contributed by atoms with Crippen LogP contribution in [0.15, 0.2) is 34.9 Å². The number of hydrogen-bond acceptors (Lipinski definition) is 4. The number of ether oxygens (including phenoxy) is 1. The Kier molecular flexibility index (Phi) is 3.86. The standard InChI is InChI=1S/C12H12ClFN2O2/c1-17-7-2-3-8(10(14)6-7)11(16-15)9-4-5-18-12(9)13/h2-6,11,16H,15H2,1H3. The van der Waals surface area contributed by atoms with Crippen LogP contribution in [0.4, 0.5) is 4.39 Å². The first-order valence-corrected chi connectivity index (χ1v) is 5.57. The molecule has 1 unspecified atom stereocenters. The van der Waals surface area contributed by atoms with Gasteiger partial charge >= 0.3 is 0 Å². The van der Waals surface area contributed by atoms with Crippen molar-refractivity contribution in [3.05, 3.63) is 52.7 Å². The molecule has 2 aromatic rings. The van der Waals surface area contributed by atoms with Gasteiger partial charge in [-0.3, -0.25) is 5.84 Å². The van der Waals surface area contributed by atoms with Crippen molar-refractivity contribution in [2.24, 2.45) is 5.84 Å². The highest BCUT2D eigenvalue weighted by Gasteiger charge is 2.21. The third kappa shape index (κ3) is 2.33. The van der Waals surface area contributed by atoms with Crippen molar-refractivity contribution in [1.82, 2.24) is 5.43 Å². The van der Waals surface area contributed by atoms with E-state index in [2.05, 4.69) is 5.43 Å². The largest absolute Gasteiger partial charge is 0.497 e. The van der Waals surface area contributed by atoms with E-state index in [-0.39, 0.29) is 5.22 Å². The van der Waals surface area contributed by atoms with E-state index in [1.54, 1.807) is 18.2 Å². The number of hydrazine groups is 1. The summed E-state index contributed by atoms with van der Waals surface area (Å²) < 4.78 is 23.9. The SMILES string of the molecule is COc1ccc(C(NN)c2ccoc2Cl)c(F)c1. The fraction of sp³-hybridized carbons (Fsp3) is 0.167. The maximum absolute atomic E-state index is 13.9. The van der Waals surface area contributed by atoms with Crippen LogP contribution < -0.4 is 16.0 Å². The quantitative estimate of drug-likeness (QED) is 0.662. The molecule has 0 fully saturated rings. The van der Waals surface area contributed by atoms with Gasteiger partial charge in [-0.1, -0.05) is 6.07 Å². The van der Waals surface area contributed by atoms with E-state index in [9.17, 15) is 4.39 Å². The highest BCUT2D eigenvalue weighted by molar-refractivity contribution is 6.29. The Morgan fingerprint density at radius 2 is 2.17 bits per heavy atom. The Morgan fingerprint density at radius 3 is 2.67 bits per heavy atom. The minimum absolute atomic E-state index is 0.174. The van der Waals surface area contributed by atoms with Crippen LogP contribution in [0, 0.1) is 5.82 Å². The molecule has 0 spiro atoms. The molecule has 1 aromatic heterocycles. The van der Waals surface area contributed by atoms with Gasteiger partial charge in [0.1, 0.15) is 11.6 Å². The molecule has 18 heavy (non-hydrogen) atoms. The molecule has 0 bridgehead atoms. The van der Waals surface area contributed by atoms with Gasteiger partial charge in [0.05, 0.1) is 19.4 Å². The Morgan fingerprint density at radius 1 is 1.39 bits per heavy atom. The zero-order valence-electron chi connectivity index (χ0n) is 9.61. The van der Waals surface area contributed by atoms with Crippen molar-refractivity contribution in [2.45, 2.75) is 6.04 Å².